The molecule has 1 rings (SSSR count). The van der Waals surface area contributed by atoms with Crippen LogP contribution in [-0.4, -0.2) is 23.8 Å². The van der Waals surface area contributed by atoms with E-state index in [9.17, 15) is 4.79 Å². The first-order chi connectivity index (χ1) is 8.04. The number of hydrogen-bond donors (Lipinski definition) is 1. The summed E-state index contributed by atoms with van der Waals surface area (Å²) in [7, 11) is 0. The molecule has 4 nitrogen and oxygen atoms in total. The Morgan fingerprint density at radius 2 is 1.76 bits per heavy atom. The molecular weight excluding hydrogens is 220 g/mol. The first-order valence-corrected chi connectivity index (χ1v) is 5.67. The minimum Gasteiger partial charge on any atom is -0.494 e. The van der Waals surface area contributed by atoms with Gasteiger partial charge in [0.25, 0.3) is 0 Å². The molecule has 0 spiro atoms. The molecule has 1 N–H and O–H groups in total. The van der Waals surface area contributed by atoms with Crippen molar-refractivity contribution in [2.75, 3.05) is 6.61 Å². The number of rotatable bonds is 6. The lowest BCUT2D eigenvalue weighted by Gasteiger charge is -2.18. The third kappa shape index (κ3) is 3.98. The maximum Gasteiger partial charge on any atom is 0.345 e. The van der Waals surface area contributed by atoms with Gasteiger partial charge in [0.2, 0.25) is 0 Å². The highest BCUT2D eigenvalue weighted by atomic mass is 16.5. The smallest absolute Gasteiger partial charge is 0.345 e. The quantitative estimate of drug-likeness (QED) is 0.827. The van der Waals surface area contributed by atoms with Gasteiger partial charge in [0.1, 0.15) is 11.5 Å². The molecule has 0 aliphatic rings. The Bertz CT molecular complexity index is 356. The van der Waals surface area contributed by atoms with Crippen LogP contribution < -0.4 is 9.47 Å². The fraction of sp³-hybridized carbons (Fsp3) is 0.462. The monoisotopic (exact) mass is 238 g/mol. The van der Waals surface area contributed by atoms with Crippen LogP contribution in [0.3, 0.4) is 0 Å². The highest BCUT2D eigenvalue weighted by Gasteiger charge is 2.23. The highest BCUT2D eigenvalue weighted by Crippen LogP contribution is 2.20. The zero-order valence-electron chi connectivity index (χ0n) is 10.3. The van der Waals surface area contributed by atoms with E-state index >= 15 is 0 Å². The topological polar surface area (TPSA) is 55.8 Å². The van der Waals surface area contributed by atoms with Crippen LogP contribution in [0.1, 0.15) is 20.8 Å². The van der Waals surface area contributed by atoms with Crippen LogP contribution in [0.15, 0.2) is 24.3 Å². The average molecular weight is 238 g/mol. The molecule has 1 unspecified atom stereocenters. The normalized spacial score (nSPS) is 12.2. The van der Waals surface area contributed by atoms with E-state index < -0.39 is 12.1 Å². The Kier molecular flexibility index (Phi) is 4.82. The van der Waals surface area contributed by atoms with E-state index in [0.717, 1.165) is 5.75 Å². The molecule has 0 bridgehead atoms. The van der Waals surface area contributed by atoms with Crippen molar-refractivity contribution in [3.63, 3.8) is 0 Å². The van der Waals surface area contributed by atoms with Crippen LogP contribution in [0, 0.1) is 5.92 Å². The molecule has 0 aliphatic heterocycles. The Balaban J connectivity index is 2.70. The standard InChI is InChI=1S/C13H18O4/c1-4-16-10-5-7-11(8-6-10)17-12(9(2)3)13(14)15/h5-9,12H,4H2,1-3H3,(H,14,15). The van der Waals surface area contributed by atoms with Crippen LogP contribution in [0.4, 0.5) is 0 Å². The maximum atomic E-state index is 11.0. The highest BCUT2D eigenvalue weighted by molar-refractivity contribution is 5.73. The molecule has 1 aromatic rings. The fourth-order valence-electron chi connectivity index (χ4n) is 1.40. The van der Waals surface area contributed by atoms with E-state index in [0.29, 0.717) is 12.4 Å². The van der Waals surface area contributed by atoms with Crippen molar-refractivity contribution in [3.8, 4) is 11.5 Å². The number of carboxylic acid groups (broad SMARTS) is 1. The maximum absolute atomic E-state index is 11.0. The fourth-order valence-corrected chi connectivity index (χ4v) is 1.40. The van der Waals surface area contributed by atoms with Crippen molar-refractivity contribution in [2.24, 2.45) is 5.92 Å². The van der Waals surface area contributed by atoms with Crippen molar-refractivity contribution in [1.82, 2.24) is 0 Å². The number of carboxylic acids is 1. The summed E-state index contributed by atoms with van der Waals surface area (Å²) in [5, 5.41) is 8.99. The van der Waals surface area contributed by atoms with E-state index in [2.05, 4.69) is 0 Å². The van der Waals surface area contributed by atoms with Gasteiger partial charge in [0.05, 0.1) is 6.61 Å². The largest absolute Gasteiger partial charge is 0.494 e. The Labute approximate surface area is 101 Å². The van der Waals surface area contributed by atoms with E-state index in [-0.39, 0.29) is 5.92 Å². The Morgan fingerprint density at radius 3 is 2.18 bits per heavy atom. The predicted octanol–water partition coefficient (Wildman–Crippen LogP) is 2.57. The van der Waals surface area contributed by atoms with Crippen molar-refractivity contribution < 1.29 is 19.4 Å². The number of ether oxygens (including phenoxy) is 2. The zero-order valence-corrected chi connectivity index (χ0v) is 10.3. The van der Waals surface area contributed by atoms with Crippen molar-refractivity contribution in [2.45, 2.75) is 26.9 Å². The third-order valence-corrected chi connectivity index (χ3v) is 2.25. The van der Waals surface area contributed by atoms with E-state index in [1.54, 1.807) is 24.3 Å². The second kappa shape index (κ2) is 6.13. The molecule has 94 valence electrons. The summed E-state index contributed by atoms with van der Waals surface area (Å²) in [6.07, 6.45) is -0.826. The Hall–Kier alpha value is -1.71. The van der Waals surface area contributed by atoms with Crippen LogP contribution >= 0.6 is 0 Å². The molecule has 0 amide bonds. The second-order valence-electron chi connectivity index (χ2n) is 4.03. The van der Waals surface area contributed by atoms with Crippen molar-refractivity contribution in [3.05, 3.63) is 24.3 Å². The lowest BCUT2D eigenvalue weighted by molar-refractivity contribution is -0.147. The molecule has 0 saturated carbocycles. The van der Waals surface area contributed by atoms with E-state index in [1.165, 1.54) is 0 Å². The molecular formula is C13H18O4. The third-order valence-electron chi connectivity index (χ3n) is 2.25. The molecule has 17 heavy (non-hydrogen) atoms. The zero-order chi connectivity index (χ0) is 12.8. The molecule has 4 heteroatoms. The molecule has 0 saturated heterocycles. The van der Waals surface area contributed by atoms with Crippen molar-refractivity contribution in [1.29, 1.82) is 0 Å². The van der Waals surface area contributed by atoms with Gasteiger partial charge in [0, 0.05) is 5.92 Å². The molecule has 0 aromatic heterocycles. The summed E-state index contributed by atoms with van der Waals surface area (Å²) >= 11 is 0. The second-order valence-corrected chi connectivity index (χ2v) is 4.03. The van der Waals surface area contributed by atoms with Gasteiger partial charge in [-0.2, -0.15) is 0 Å². The predicted molar refractivity (Wildman–Crippen MR) is 64.5 cm³/mol. The van der Waals surface area contributed by atoms with Gasteiger partial charge in [-0.15, -0.1) is 0 Å². The average Bonchev–Trinajstić information content (AvgIpc) is 2.27. The SMILES string of the molecule is CCOc1ccc(OC(C(=O)O)C(C)C)cc1. The summed E-state index contributed by atoms with van der Waals surface area (Å²) in [4.78, 5) is 11.0. The van der Waals surface area contributed by atoms with Crippen LogP contribution in [0.25, 0.3) is 0 Å². The molecule has 0 radical (unpaired) electrons. The molecule has 0 fully saturated rings. The summed E-state index contributed by atoms with van der Waals surface area (Å²) in [6, 6.07) is 6.95. The van der Waals surface area contributed by atoms with E-state index in [4.69, 9.17) is 14.6 Å². The Morgan fingerprint density at radius 1 is 1.24 bits per heavy atom. The van der Waals surface area contributed by atoms with Crippen LogP contribution in [-0.2, 0) is 4.79 Å². The summed E-state index contributed by atoms with van der Waals surface area (Å²) in [5.74, 6) is 0.249. The molecule has 1 aromatic carbocycles. The lowest BCUT2D eigenvalue weighted by Crippen LogP contribution is -2.32. The number of aliphatic carboxylic acids is 1. The van der Waals surface area contributed by atoms with Gasteiger partial charge in [-0.05, 0) is 31.2 Å². The van der Waals surface area contributed by atoms with Gasteiger partial charge < -0.3 is 14.6 Å². The first-order valence-electron chi connectivity index (χ1n) is 5.67. The van der Waals surface area contributed by atoms with E-state index in [1.807, 2.05) is 20.8 Å². The van der Waals surface area contributed by atoms with Gasteiger partial charge in [0.15, 0.2) is 6.10 Å². The minimum absolute atomic E-state index is 0.0842. The summed E-state index contributed by atoms with van der Waals surface area (Å²) in [5.41, 5.74) is 0. The van der Waals surface area contributed by atoms with Crippen LogP contribution in [0.5, 0.6) is 11.5 Å². The number of carbonyl (C=O) groups is 1. The lowest BCUT2D eigenvalue weighted by atomic mass is 10.1. The summed E-state index contributed by atoms with van der Waals surface area (Å²) < 4.78 is 10.7. The molecule has 1 atom stereocenters. The molecule has 0 aliphatic carbocycles. The number of benzene rings is 1. The number of hydrogen-bond acceptors (Lipinski definition) is 3. The van der Waals surface area contributed by atoms with Gasteiger partial charge >= 0.3 is 5.97 Å². The van der Waals surface area contributed by atoms with Crippen molar-refractivity contribution >= 4 is 5.97 Å². The van der Waals surface area contributed by atoms with Crippen LogP contribution in [0.2, 0.25) is 0 Å². The van der Waals surface area contributed by atoms with Gasteiger partial charge in [-0.25, -0.2) is 4.79 Å². The minimum atomic E-state index is -0.950. The molecule has 0 heterocycles. The summed E-state index contributed by atoms with van der Waals surface area (Å²) in [6.45, 7) is 6.13. The first kappa shape index (κ1) is 13.4. The van der Waals surface area contributed by atoms with Gasteiger partial charge in [-0.1, -0.05) is 13.8 Å². The van der Waals surface area contributed by atoms with Gasteiger partial charge in [-0.3, -0.25) is 0 Å².